The average molecular weight is 315 g/mol. The van der Waals surface area contributed by atoms with Gasteiger partial charge in [0, 0.05) is 5.56 Å². The molecule has 0 amide bonds. The summed E-state index contributed by atoms with van der Waals surface area (Å²) in [7, 11) is 1.59. The summed E-state index contributed by atoms with van der Waals surface area (Å²) in [5.74, 6) is 1.47. The molecule has 1 aromatic carbocycles. The Morgan fingerprint density at radius 1 is 1.35 bits per heavy atom. The minimum absolute atomic E-state index is 0.0910. The highest BCUT2D eigenvalue weighted by Gasteiger charge is 2.20. The molecule has 3 rings (SSSR count). The molecule has 0 spiro atoms. The summed E-state index contributed by atoms with van der Waals surface area (Å²) in [4.78, 5) is 14.5. The van der Waals surface area contributed by atoms with E-state index in [2.05, 4.69) is 15.2 Å². The van der Waals surface area contributed by atoms with Crippen molar-refractivity contribution in [1.82, 2.24) is 19.9 Å². The Morgan fingerprint density at radius 3 is 2.70 bits per heavy atom. The first-order valence-electron chi connectivity index (χ1n) is 6.75. The molecule has 0 aliphatic rings. The normalized spacial score (nSPS) is 12.1. The number of hydrogen-bond donors (Lipinski definition) is 0. The van der Waals surface area contributed by atoms with Crippen LogP contribution in [0.15, 0.2) is 41.2 Å². The Morgan fingerprint density at radius 2 is 2.09 bits per heavy atom. The second kappa shape index (κ2) is 5.87. The molecule has 0 fully saturated rings. The first kappa shape index (κ1) is 14.7. The number of benzene rings is 1. The molecular formula is C14H13N5O4. The molecule has 118 valence electrons. The van der Waals surface area contributed by atoms with Gasteiger partial charge in [-0.1, -0.05) is 5.16 Å². The maximum atomic E-state index is 10.7. The van der Waals surface area contributed by atoms with E-state index in [4.69, 9.17) is 9.26 Å². The van der Waals surface area contributed by atoms with Crippen molar-refractivity contribution < 1.29 is 14.2 Å². The van der Waals surface area contributed by atoms with Crippen LogP contribution in [0.25, 0.3) is 11.4 Å². The molecule has 2 aromatic heterocycles. The second-order valence-corrected chi connectivity index (χ2v) is 4.80. The fourth-order valence-electron chi connectivity index (χ4n) is 2.01. The molecule has 2 heterocycles. The third-order valence-corrected chi connectivity index (χ3v) is 3.34. The third-order valence-electron chi connectivity index (χ3n) is 3.34. The van der Waals surface area contributed by atoms with Crippen molar-refractivity contribution in [2.75, 3.05) is 7.11 Å². The molecule has 0 radical (unpaired) electrons. The van der Waals surface area contributed by atoms with Crippen LogP contribution >= 0.6 is 0 Å². The van der Waals surface area contributed by atoms with Gasteiger partial charge in [-0.25, -0.2) is 0 Å². The van der Waals surface area contributed by atoms with Gasteiger partial charge in [-0.05, 0) is 31.2 Å². The first-order valence-corrected chi connectivity index (χ1v) is 6.75. The number of hydrogen-bond acceptors (Lipinski definition) is 7. The summed E-state index contributed by atoms with van der Waals surface area (Å²) in [6.45, 7) is 1.77. The van der Waals surface area contributed by atoms with Gasteiger partial charge in [-0.3, -0.25) is 14.8 Å². The Bertz CT molecular complexity index is 824. The molecule has 0 bridgehead atoms. The van der Waals surface area contributed by atoms with Gasteiger partial charge in [0.05, 0.1) is 12.0 Å². The van der Waals surface area contributed by atoms with Crippen LogP contribution in [-0.4, -0.2) is 32.0 Å². The fraction of sp³-hybridized carbons (Fsp3) is 0.214. The summed E-state index contributed by atoms with van der Waals surface area (Å²) in [5, 5.41) is 18.6. The second-order valence-electron chi connectivity index (χ2n) is 4.80. The Kier molecular flexibility index (Phi) is 3.75. The largest absolute Gasteiger partial charge is 0.497 e. The first-order chi connectivity index (χ1) is 11.1. The van der Waals surface area contributed by atoms with Gasteiger partial charge in [0.25, 0.3) is 5.89 Å². The van der Waals surface area contributed by atoms with Gasteiger partial charge in [-0.15, -0.1) is 0 Å². The minimum Gasteiger partial charge on any atom is -0.497 e. The zero-order chi connectivity index (χ0) is 16.4. The highest BCUT2D eigenvalue weighted by Crippen LogP contribution is 2.23. The molecule has 9 heteroatoms. The minimum atomic E-state index is -0.507. The summed E-state index contributed by atoms with van der Waals surface area (Å²) >= 11 is 0. The highest BCUT2D eigenvalue weighted by atomic mass is 16.6. The van der Waals surface area contributed by atoms with E-state index in [-0.39, 0.29) is 5.69 Å². The van der Waals surface area contributed by atoms with E-state index in [0.717, 1.165) is 11.3 Å². The highest BCUT2D eigenvalue weighted by molar-refractivity contribution is 5.55. The van der Waals surface area contributed by atoms with Gasteiger partial charge in [0.2, 0.25) is 5.82 Å². The predicted molar refractivity (Wildman–Crippen MR) is 79.0 cm³/mol. The lowest BCUT2D eigenvalue weighted by molar-refractivity contribution is -0.385. The van der Waals surface area contributed by atoms with E-state index in [1.807, 2.05) is 12.1 Å². The number of methoxy groups -OCH3 is 1. The SMILES string of the molecule is COc1ccc(-c2noc([C@H](C)n3cc([N+](=O)[O-])cn3)n2)cc1. The summed E-state index contributed by atoms with van der Waals surface area (Å²) in [6.07, 6.45) is 2.50. The van der Waals surface area contributed by atoms with Crippen LogP contribution in [0.2, 0.25) is 0 Å². The Balaban J connectivity index is 1.83. The molecule has 1 atom stereocenters. The third kappa shape index (κ3) is 2.89. The molecule has 0 aliphatic heterocycles. The van der Waals surface area contributed by atoms with E-state index in [9.17, 15) is 10.1 Å². The van der Waals surface area contributed by atoms with Crippen LogP contribution in [0.5, 0.6) is 5.75 Å². The Labute approximate surface area is 130 Å². The number of rotatable bonds is 5. The average Bonchev–Trinajstić information content (AvgIpc) is 3.24. The van der Waals surface area contributed by atoms with Crippen LogP contribution < -0.4 is 4.74 Å². The van der Waals surface area contributed by atoms with E-state index in [1.54, 1.807) is 26.2 Å². The van der Waals surface area contributed by atoms with Gasteiger partial charge < -0.3 is 9.26 Å². The van der Waals surface area contributed by atoms with Gasteiger partial charge in [-0.2, -0.15) is 10.1 Å². The number of ether oxygens (including phenoxy) is 1. The Hall–Kier alpha value is -3.23. The molecule has 23 heavy (non-hydrogen) atoms. The van der Waals surface area contributed by atoms with E-state index >= 15 is 0 Å². The zero-order valence-electron chi connectivity index (χ0n) is 12.4. The van der Waals surface area contributed by atoms with Crippen LogP contribution in [0.4, 0.5) is 5.69 Å². The smallest absolute Gasteiger partial charge is 0.307 e. The van der Waals surface area contributed by atoms with Gasteiger partial charge in [0.1, 0.15) is 24.2 Å². The molecular weight excluding hydrogens is 302 g/mol. The zero-order valence-corrected chi connectivity index (χ0v) is 12.4. The van der Waals surface area contributed by atoms with E-state index in [0.29, 0.717) is 11.7 Å². The maximum absolute atomic E-state index is 10.7. The molecule has 0 unspecified atom stereocenters. The van der Waals surface area contributed by atoms with Crippen molar-refractivity contribution in [2.45, 2.75) is 13.0 Å². The van der Waals surface area contributed by atoms with E-state index < -0.39 is 11.0 Å². The van der Waals surface area contributed by atoms with E-state index in [1.165, 1.54) is 17.1 Å². The van der Waals surface area contributed by atoms with Crippen LogP contribution in [0, 0.1) is 10.1 Å². The molecule has 0 aliphatic carbocycles. The number of aromatic nitrogens is 4. The summed E-state index contributed by atoms with van der Waals surface area (Å²) in [6, 6.07) is 6.81. The maximum Gasteiger partial charge on any atom is 0.307 e. The number of nitrogens with zero attached hydrogens (tertiary/aromatic N) is 5. The van der Waals surface area contributed by atoms with Crippen molar-refractivity contribution in [3.8, 4) is 17.1 Å². The van der Waals surface area contributed by atoms with Crippen molar-refractivity contribution in [3.05, 3.63) is 52.7 Å². The van der Waals surface area contributed by atoms with Crippen LogP contribution in [0.1, 0.15) is 18.9 Å². The van der Waals surface area contributed by atoms with Gasteiger partial charge in [0.15, 0.2) is 0 Å². The fourth-order valence-corrected chi connectivity index (χ4v) is 2.01. The molecule has 9 nitrogen and oxygen atoms in total. The summed E-state index contributed by atoms with van der Waals surface area (Å²) in [5.41, 5.74) is 0.686. The molecule has 0 saturated heterocycles. The van der Waals surface area contributed by atoms with Crippen molar-refractivity contribution >= 4 is 5.69 Å². The predicted octanol–water partition coefficient (Wildman–Crippen LogP) is 2.46. The number of nitro groups is 1. The van der Waals surface area contributed by atoms with Crippen LogP contribution in [0.3, 0.4) is 0 Å². The molecule has 0 saturated carbocycles. The lowest BCUT2D eigenvalue weighted by Gasteiger charge is -2.05. The van der Waals surface area contributed by atoms with Crippen LogP contribution in [-0.2, 0) is 0 Å². The lowest BCUT2D eigenvalue weighted by atomic mass is 10.2. The molecule has 3 aromatic rings. The van der Waals surface area contributed by atoms with Crippen molar-refractivity contribution in [1.29, 1.82) is 0 Å². The monoisotopic (exact) mass is 315 g/mol. The quantitative estimate of drug-likeness (QED) is 0.525. The topological polar surface area (TPSA) is 109 Å². The standard InChI is InChI=1S/C14H13N5O4/c1-9(18-8-11(7-15-18)19(20)21)14-16-13(17-23-14)10-3-5-12(22-2)6-4-10/h3-9H,1-2H3/t9-/m0/s1. The summed E-state index contributed by atoms with van der Waals surface area (Å²) < 4.78 is 11.7. The van der Waals surface area contributed by atoms with Gasteiger partial charge >= 0.3 is 5.69 Å². The van der Waals surface area contributed by atoms with Crippen molar-refractivity contribution in [3.63, 3.8) is 0 Å². The molecule has 0 N–H and O–H groups in total. The lowest BCUT2D eigenvalue weighted by Crippen LogP contribution is -2.07. The van der Waals surface area contributed by atoms with Crippen molar-refractivity contribution in [2.24, 2.45) is 0 Å².